The van der Waals surface area contributed by atoms with Crippen molar-refractivity contribution in [3.8, 4) is 0 Å². The summed E-state index contributed by atoms with van der Waals surface area (Å²) in [5.74, 6) is 0.889. The summed E-state index contributed by atoms with van der Waals surface area (Å²) in [6.45, 7) is 3.67. The highest BCUT2D eigenvalue weighted by Gasteiger charge is 1.99. The molecule has 0 radical (unpaired) electrons. The van der Waals surface area contributed by atoms with E-state index in [1.165, 1.54) is 0 Å². The number of aromatic nitrogens is 2. The van der Waals surface area contributed by atoms with Crippen LogP contribution in [0.3, 0.4) is 0 Å². The Balaban J connectivity index is 0.000000980. The lowest BCUT2D eigenvalue weighted by atomic mass is 10.3. The fourth-order valence-electron chi connectivity index (χ4n) is 1.14. The number of thioether (sulfide) groups is 1. The zero-order chi connectivity index (χ0) is 9.10. The van der Waals surface area contributed by atoms with Gasteiger partial charge in [0.05, 0.1) is 11.0 Å². The van der Waals surface area contributed by atoms with Gasteiger partial charge in [-0.1, -0.05) is 30.0 Å². The summed E-state index contributed by atoms with van der Waals surface area (Å²) in [5, 5.41) is 0.959. The number of H-pyrrole nitrogens is 1. The predicted molar refractivity (Wildman–Crippen MR) is 67.9 cm³/mol. The van der Waals surface area contributed by atoms with E-state index in [0.29, 0.717) is 0 Å². The van der Waals surface area contributed by atoms with Gasteiger partial charge < -0.3 is 10.5 Å². The van der Waals surface area contributed by atoms with Crippen LogP contribution in [0.5, 0.6) is 0 Å². The van der Waals surface area contributed by atoms with E-state index < -0.39 is 0 Å². The van der Waals surface area contributed by atoms with Crippen LogP contribution in [0, 0.1) is 0 Å². The Morgan fingerprint density at radius 1 is 1.40 bits per heavy atom. The molecule has 82 valence electrons. The zero-order valence-corrected chi connectivity index (χ0v) is 9.70. The molecule has 3 nitrogen and oxygen atoms in total. The number of rotatable bonds is 3. The van der Waals surface area contributed by atoms with Crippen molar-refractivity contribution in [3.05, 3.63) is 36.9 Å². The van der Waals surface area contributed by atoms with Crippen molar-refractivity contribution in [1.82, 2.24) is 9.97 Å². The van der Waals surface area contributed by atoms with Gasteiger partial charge in [-0.25, -0.2) is 4.98 Å². The first-order valence-corrected chi connectivity index (χ1v) is 5.07. The Kier molecular flexibility index (Phi) is 6.08. The van der Waals surface area contributed by atoms with Crippen LogP contribution in [0.2, 0.25) is 0 Å². The van der Waals surface area contributed by atoms with Crippen LogP contribution >= 0.6 is 24.2 Å². The number of nitrogens with one attached hydrogen (secondary N) is 1. The summed E-state index contributed by atoms with van der Waals surface area (Å²) in [5.41, 5.74) is 2.11. The highest BCUT2D eigenvalue weighted by atomic mass is 35.5. The third-order valence-corrected chi connectivity index (χ3v) is 2.57. The van der Waals surface area contributed by atoms with Crippen molar-refractivity contribution < 1.29 is 5.48 Å². The zero-order valence-electron chi connectivity index (χ0n) is 8.06. The Hall–Kier alpha value is -0.970. The fourth-order valence-corrected chi connectivity index (χ4v) is 1.76. The maximum absolute atomic E-state index is 4.41. The molecule has 0 bridgehead atoms. The molecule has 5 heteroatoms. The first-order valence-electron chi connectivity index (χ1n) is 4.08. The number of hydrogen-bond acceptors (Lipinski definition) is 2. The molecule has 0 fully saturated rings. The minimum absolute atomic E-state index is 0. The minimum Gasteiger partial charge on any atom is -0.412 e. The van der Waals surface area contributed by atoms with Crippen LogP contribution in [0.15, 0.2) is 42.1 Å². The topological polar surface area (TPSA) is 60.2 Å². The normalized spacial score (nSPS) is 9.07. The predicted octanol–water partition coefficient (Wildman–Crippen LogP) is 2.44. The third kappa shape index (κ3) is 3.27. The highest BCUT2D eigenvalue weighted by molar-refractivity contribution is 7.99. The second-order valence-electron chi connectivity index (χ2n) is 2.66. The van der Waals surface area contributed by atoms with Crippen LogP contribution in [-0.4, -0.2) is 21.2 Å². The summed E-state index contributed by atoms with van der Waals surface area (Å²) in [7, 11) is 0. The summed E-state index contributed by atoms with van der Waals surface area (Å²) < 4.78 is 0. The van der Waals surface area contributed by atoms with Crippen LogP contribution in [0.25, 0.3) is 11.0 Å². The largest absolute Gasteiger partial charge is 0.412 e. The van der Waals surface area contributed by atoms with E-state index in [-0.39, 0.29) is 17.9 Å². The lowest BCUT2D eigenvalue weighted by molar-refractivity contribution is 0.824. The van der Waals surface area contributed by atoms with Gasteiger partial charge in [0.2, 0.25) is 0 Å². The number of fused-ring (bicyclic) bond motifs is 1. The SMILES string of the molecule is C=CCSc1nc2ccccc2[nH]1.Cl.O. The van der Waals surface area contributed by atoms with Gasteiger partial charge in [0.1, 0.15) is 0 Å². The minimum atomic E-state index is 0. The smallest absolute Gasteiger partial charge is 0.166 e. The van der Waals surface area contributed by atoms with Gasteiger partial charge in [-0.2, -0.15) is 0 Å². The average Bonchev–Trinajstić information content (AvgIpc) is 2.57. The van der Waals surface area contributed by atoms with Crippen molar-refractivity contribution in [2.45, 2.75) is 5.16 Å². The van der Waals surface area contributed by atoms with Gasteiger partial charge in [-0.05, 0) is 12.1 Å². The van der Waals surface area contributed by atoms with Gasteiger partial charge in [0, 0.05) is 5.75 Å². The molecule has 0 saturated carbocycles. The quantitative estimate of drug-likeness (QED) is 0.666. The summed E-state index contributed by atoms with van der Waals surface area (Å²) in [4.78, 5) is 7.64. The van der Waals surface area contributed by atoms with E-state index >= 15 is 0 Å². The number of nitrogens with zero attached hydrogens (tertiary/aromatic N) is 1. The van der Waals surface area contributed by atoms with Crippen LogP contribution in [0.1, 0.15) is 0 Å². The fraction of sp³-hybridized carbons (Fsp3) is 0.100. The molecule has 0 aliphatic carbocycles. The second-order valence-corrected chi connectivity index (χ2v) is 3.67. The molecule has 1 heterocycles. The van der Waals surface area contributed by atoms with Crippen LogP contribution in [-0.2, 0) is 0 Å². The number of halogens is 1. The van der Waals surface area contributed by atoms with Gasteiger partial charge in [0.25, 0.3) is 0 Å². The molecule has 0 aliphatic heterocycles. The molecule has 0 saturated heterocycles. The maximum Gasteiger partial charge on any atom is 0.166 e. The average molecular weight is 245 g/mol. The number of benzene rings is 1. The lowest BCUT2D eigenvalue weighted by Gasteiger charge is -1.87. The van der Waals surface area contributed by atoms with Crippen molar-refractivity contribution in [1.29, 1.82) is 0 Å². The number of imidazole rings is 1. The molecular weight excluding hydrogens is 232 g/mol. The molecule has 0 aliphatic rings. The first-order chi connectivity index (χ1) is 6.40. The van der Waals surface area contributed by atoms with Gasteiger partial charge in [-0.3, -0.25) is 0 Å². The lowest BCUT2D eigenvalue weighted by Crippen LogP contribution is -1.74. The molecule has 2 aromatic rings. The summed E-state index contributed by atoms with van der Waals surface area (Å²) in [6.07, 6.45) is 1.87. The number of hydrogen-bond donors (Lipinski definition) is 1. The van der Waals surface area contributed by atoms with E-state index in [0.717, 1.165) is 21.9 Å². The van der Waals surface area contributed by atoms with Crippen molar-refractivity contribution >= 4 is 35.2 Å². The summed E-state index contributed by atoms with van der Waals surface area (Å²) in [6, 6.07) is 8.03. The first kappa shape index (κ1) is 14.0. The highest BCUT2D eigenvalue weighted by Crippen LogP contribution is 2.18. The van der Waals surface area contributed by atoms with Gasteiger partial charge in [-0.15, -0.1) is 19.0 Å². The van der Waals surface area contributed by atoms with E-state index in [9.17, 15) is 0 Å². The molecule has 0 unspecified atom stereocenters. The third-order valence-electron chi connectivity index (χ3n) is 1.71. The van der Waals surface area contributed by atoms with E-state index in [2.05, 4.69) is 16.5 Å². The monoisotopic (exact) mass is 244 g/mol. The number of para-hydroxylation sites is 2. The molecular formula is C10H13ClN2OS. The second kappa shape index (κ2) is 6.50. The van der Waals surface area contributed by atoms with Crippen molar-refractivity contribution in [3.63, 3.8) is 0 Å². The molecule has 1 aromatic carbocycles. The molecule has 1 aromatic heterocycles. The van der Waals surface area contributed by atoms with Crippen molar-refractivity contribution in [2.75, 3.05) is 5.75 Å². The van der Waals surface area contributed by atoms with Crippen molar-refractivity contribution in [2.24, 2.45) is 0 Å². The molecule has 3 N–H and O–H groups in total. The van der Waals surface area contributed by atoms with E-state index in [1.54, 1.807) is 11.8 Å². The Bertz CT molecular complexity index is 397. The standard InChI is InChI=1S/C10H10N2S.ClH.H2O/c1-2-7-13-10-11-8-5-3-4-6-9(8)12-10;;/h2-6H,1,7H2,(H,11,12);1H;1H2. The van der Waals surface area contributed by atoms with Gasteiger partial charge in [0.15, 0.2) is 5.16 Å². The van der Waals surface area contributed by atoms with Crippen LogP contribution in [0.4, 0.5) is 0 Å². The molecule has 0 spiro atoms. The molecule has 0 amide bonds. The molecule has 15 heavy (non-hydrogen) atoms. The van der Waals surface area contributed by atoms with Crippen LogP contribution < -0.4 is 0 Å². The molecule has 2 rings (SSSR count). The Morgan fingerprint density at radius 3 is 2.80 bits per heavy atom. The summed E-state index contributed by atoms with van der Waals surface area (Å²) >= 11 is 1.66. The molecule has 0 atom stereocenters. The van der Waals surface area contributed by atoms with E-state index in [4.69, 9.17) is 0 Å². The van der Waals surface area contributed by atoms with Gasteiger partial charge >= 0.3 is 0 Å². The maximum atomic E-state index is 4.41. The Morgan fingerprint density at radius 2 is 2.13 bits per heavy atom. The van der Waals surface area contributed by atoms with E-state index in [1.807, 2.05) is 30.3 Å². The number of aromatic amines is 1. The Labute approximate surface area is 98.7 Å².